The number of ether oxygens (including phenoxy) is 6. The summed E-state index contributed by atoms with van der Waals surface area (Å²) < 4.78 is 33.4. The molecule has 0 bridgehead atoms. The van der Waals surface area contributed by atoms with Gasteiger partial charge in [-0.2, -0.15) is 0 Å². The van der Waals surface area contributed by atoms with Gasteiger partial charge in [0.1, 0.15) is 35.2 Å². The number of carbonyl (C=O) groups excluding carboxylic acids is 3. The van der Waals surface area contributed by atoms with Gasteiger partial charge < -0.3 is 43.5 Å². The summed E-state index contributed by atoms with van der Waals surface area (Å²) in [5.41, 5.74) is 2.32. The number of piperidine rings is 1. The highest BCUT2D eigenvalue weighted by Crippen LogP contribution is 2.38. The van der Waals surface area contributed by atoms with Gasteiger partial charge in [-0.15, -0.1) is 0 Å². The van der Waals surface area contributed by atoms with Gasteiger partial charge in [-0.05, 0) is 68.9 Å². The highest BCUT2D eigenvalue weighted by Gasteiger charge is 2.38. The summed E-state index contributed by atoms with van der Waals surface area (Å²) in [5.74, 6) is 1.21. The van der Waals surface area contributed by atoms with Crippen molar-refractivity contribution in [2.24, 2.45) is 5.92 Å². The van der Waals surface area contributed by atoms with Gasteiger partial charge in [0.05, 0.1) is 25.8 Å². The summed E-state index contributed by atoms with van der Waals surface area (Å²) in [6.07, 6.45) is 0.746. The van der Waals surface area contributed by atoms with Crippen LogP contribution < -0.4 is 29.2 Å². The Morgan fingerprint density at radius 1 is 0.960 bits per heavy atom. The number of rotatable bonds is 12. The monoisotopic (exact) mass is 689 g/mol. The van der Waals surface area contributed by atoms with E-state index in [1.54, 1.807) is 67.5 Å². The number of methoxy groups -OCH3 is 3. The standard InChI is InChI=1S/C38H47N3O9/c1-38(2,3)50-37(44)40-15-13-31(26-10-7-9-25(17-26)23-48-30-20-28(46-5)19-29(21-30)47-6)32(22-40)36(43)39-27-11-12-34-33(18-27)41(14-8-16-45-4)35(42)24-49-34/h7,9-12,17-21,31-32H,8,13-16,22-24H2,1-6H3,(H,39,43)/t31-,32?/m1/s1. The van der Waals surface area contributed by atoms with Gasteiger partial charge in [0, 0.05) is 57.2 Å². The molecule has 1 unspecified atom stereocenters. The first-order valence-electron chi connectivity index (χ1n) is 16.8. The van der Waals surface area contributed by atoms with E-state index in [1.807, 2.05) is 45.0 Å². The van der Waals surface area contributed by atoms with Crippen LogP contribution in [0.3, 0.4) is 0 Å². The molecule has 1 saturated heterocycles. The lowest BCUT2D eigenvalue weighted by atomic mass is 9.79. The Bertz CT molecular complexity index is 1650. The molecular weight excluding hydrogens is 642 g/mol. The van der Waals surface area contributed by atoms with Gasteiger partial charge in [-0.25, -0.2) is 4.79 Å². The van der Waals surface area contributed by atoms with E-state index < -0.39 is 17.6 Å². The third-order valence-corrected chi connectivity index (χ3v) is 8.61. The minimum Gasteiger partial charge on any atom is -0.496 e. The average Bonchev–Trinajstić information content (AvgIpc) is 3.10. The molecule has 0 aromatic heterocycles. The third kappa shape index (κ3) is 9.17. The van der Waals surface area contributed by atoms with Gasteiger partial charge in [0.25, 0.3) is 5.91 Å². The molecule has 1 fully saturated rings. The Labute approximate surface area is 293 Å². The maximum Gasteiger partial charge on any atom is 0.410 e. The molecule has 12 heteroatoms. The molecular formula is C38H47N3O9. The quantitative estimate of drug-likeness (QED) is 0.227. The Morgan fingerprint density at radius 3 is 2.40 bits per heavy atom. The lowest BCUT2D eigenvalue weighted by molar-refractivity contribution is -0.122. The Morgan fingerprint density at radius 2 is 1.70 bits per heavy atom. The molecule has 268 valence electrons. The van der Waals surface area contributed by atoms with Crippen LogP contribution in [-0.2, 0) is 25.7 Å². The topological polar surface area (TPSA) is 125 Å². The van der Waals surface area contributed by atoms with Crippen molar-refractivity contribution in [2.45, 2.75) is 51.7 Å². The lowest BCUT2D eigenvalue weighted by Crippen LogP contribution is -2.48. The van der Waals surface area contributed by atoms with E-state index in [4.69, 9.17) is 28.4 Å². The van der Waals surface area contributed by atoms with E-state index in [1.165, 1.54) is 0 Å². The number of nitrogens with one attached hydrogen (secondary N) is 1. The number of likely N-dealkylation sites (tertiary alicyclic amines) is 1. The minimum atomic E-state index is -0.676. The number of hydrogen-bond acceptors (Lipinski definition) is 9. The smallest absolute Gasteiger partial charge is 0.410 e. The van der Waals surface area contributed by atoms with Crippen molar-refractivity contribution < 1.29 is 42.8 Å². The van der Waals surface area contributed by atoms with E-state index in [2.05, 4.69) is 5.32 Å². The van der Waals surface area contributed by atoms with Gasteiger partial charge in [0.2, 0.25) is 5.91 Å². The molecule has 2 aliphatic rings. The number of fused-ring (bicyclic) bond motifs is 1. The number of carbonyl (C=O) groups is 3. The highest BCUT2D eigenvalue weighted by molar-refractivity contribution is 6.00. The summed E-state index contributed by atoms with van der Waals surface area (Å²) >= 11 is 0. The van der Waals surface area contributed by atoms with Crippen molar-refractivity contribution in [2.75, 3.05) is 64.4 Å². The zero-order chi connectivity index (χ0) is 35.8. The van der Waals surface area contributed by atoms with Crippen molar-refractivity contribution in [3.8, 4) is 23.0 Å². The van der Waals surface area contributed by atoms with Crippen LogP contribution >= 0.6 is 0 Å². The van der Waals surface area contributed by atoms with Crippen LogP contribution in [0.25, 0.3) is 0 Å². The van der Waals surface area contributed by atoms with Crippen LogP contribution in [0.4, 0.5) is 16.2 Å². The number of hydrogen-bond donors (Lipinski definition) is 1. The number of amides is 3. The maximum absolute atomic E-state index is 14.2. The first-order valence-corrected chi connectivity index (χ1v) is 16.8. The van der Waals surface area contributed by atoms with Gasteiger partial charge in [-0.3, -0.25) is 9.59 Å². The molecule has 3 amide bonds. The first-order chi connectivity index (χ1) is 24.0. The molecule has 0 saturated carbocycles. The molecule has 1 N–H and O–H groups in total. The fourth-order valence-electron chi connectivity index (χ4n) is 6.18. The van der Waals surface area contributed by atoms with Crippen LogP contribution in [0.5, 0.6) is 23.0 Å². The highest BCUT2D eigenvalue weighted by atomic mass is 16.6. The Kier molecular flexibility index (Phi) is 11.7. The van der Waals surface area contributed by atoms with E-state index in [0.717, 1.165) is 11.1 Å². The van der Waals surface area contributed by atoms with Crippen molar-refractivity contribution in [3.63, 3.8) is 0 Å². The Balaban J connectivity index is 1.38. The zero-order valence-electron chi connectivity index (χ0n) is 29.7. The second-order valence-corrected chi connectivity index (χ2v) is 13.4. The Hall–Kier alpha value is -4.97. The minimum absolute atomic E-state index is 0.0478. The average molecular weight is 690 g/mol. The largest absolute Gasteiger partial charge is 0.496 e. The van der Waals surface area contributed by atoms with Crippen LogP contribution in [0.1, 0.15) is 50.7 Å². The molecule has 2 aliphatic heterocycles. The van der Waals surface area contributed by atoms with E-state index in [9.17, 15) is 14.4 Å². The fourth-order valence-corrected chi connectivity index (χ4v) is 6.18. The van der Waals surface area contributed by atoms with Crippen LogP contribution in [-0.4, -0.2) is 82.6 Å². The number of benzene rings is 3. The predicted octanol–water partition coefficient (Wildman–Crippen LogP) is 6.02. The molecule has 2 heterocycles. The first kappa shape index (κ1) is 36.3. The molecule has 50 heavy (non-hydrogen) atoms. The molecule has 3 aromatic rings. The van der Waals surface area contributed by atoms with Crippen LogP contribution in [0, 0.1) is 5.92 Å². The maximum atomic E-state index is 14.2. The summed E-state index contributed by atoms with van der Waals surface area (Å²) in [6.45, 7) is 7.27. The summed E-state index contributed by atoms with van der Waals surface area (Å²) in [5, 5.41) is 3.07. The van der Waals surface area contributed by atoms with Crippen molar-refractivity contribution in [1.29, 1.82) is 0 Å². The SMILES string of the molecule is COCCCN1C(=O)COc2ccc(NC(=O)C3CN(C(=O)OC(C)(C)C)CC[C@@H]3c3cccc(COc4cc(OC)cc(OC)c4)c3)cc21. The molecule has 2 atom stereocenters. The second-order valence-electron chi connectivity index (χ2n) is 13.4. The summed E-state index contributed by atoms with van der Waals surface area (Å²) in [7, 11) is 4.79. The van der Waals surface area contributed by atoms with E-state index >= 15 is 0 Å². The van der Waals surface area contributed by atoms with Crippen LogP contribution in [0.15, 0.2) is 60.7 Å². The van der Waals surface area contributed by atoms with Gasteiger partial charge in [-0.1, -0.05) is 24.3 Å². The van der Waals surface area contributed by atoms with E-state index in [0.29, 0.717) is 66.9 Å². The molecule has 0 spiro atoms. The molecule has 5 rings (SSSR count). The molecule has 3 aromatic carbocycles. The van der Waals surface area contributed by atoms with Gasteiger partial charge in [0.15, 0.2) is 6.61 Å². The third-order valence-electron chi connectivity index (χ3n) is 8.61. The molecule has 12 nitrogen and oxygen atoms in total. The number of nitrogens with zero attached hydrogens (tertiary/aromatic N) is 2. The fraction of sp³-hybridized carbons (Fsp3) is 0.447. The normalized spacial score (nSPS) is 17.4. The van der Waals surface area contributed by atoms with E-state index in [-0.39, 0.29) is 37.5 Å². The predicted molar refractivity (Wildman–Crippen MR) is 188 cm³/mol. The number of anilines is 2. The van der Waals surface area contributed by atoms with Crippen molar-refractivity contribution in [3.05, 3.63) is 71.8 Å². The molecule has 0 radical (unpaired) electrons. The summed E-state index contributed by atoms with van der Waals surface area (Å²) in [6, 6.07) is 18.6. The van der Waals surface area contributed by atoms with Crippen LogP contribution in [0.2, 0.25) is 0 Å². The zero-order valence-corrected chi connectivity index (χ0v) is 29.7. The van der Waals surface area contributed by atoms with Gasteiger partial charge >= 0.3 is 6.09 Å². The van der Waals surface area contributed by atoms with Crippen molar-refractivity contribution in [1.82, 2.24) is 4.90 Å². The van der Waals surface area contributed by atoms with Crippen molar-refractivity contribution >= 4 is 29.3 Å². The molecule has 0 aliphatic carbocycles. The lowest BCUT2D eigenvalue weighted by Gasteiger charge is -2.38. The summed E-state index contributed by atoms with van der Waals surface area (Å²) in [4.78, 5) is 43.4. The second kappa shape index (κ2) is 16.2.